The number of amides is 3. The Hall–Kier alpha value is -4.14. The maximum Gasteiger partial charge on any atom is 0.248 e. The van der Waals surface area contributed by atoms with Gasteiger partial charge in [0.2, 0.25) is 17.7 Å². The summed E-state index contributed by atoms with van der Waals surface area (Å²) in [4.78, 5) is 42.0. The maximum atomic E-state index is 13.9. The SMILES string of the molecule is CCC(C)(C)NC(=O)C(c1ccc(OC)cc1)N(C(=O)CCC(=O)Nc1cc(C)on1)c1ccc(C)cc1C. The minimum Gasteiger partial charge on any atom is -0.497 e. The van der Waals surface area contributed by atoms with Crippen molar-refractivity contribution in [1.29, 1.82) is 0 Å². The molecule has 2 N–H and O–H groups in total. The number of aryl methyl sites for hydroxylation is 3. The quantitative estimate of drug-likeness (QED) is 0.340. The number of hydrogen-bond acceptors (Lipinski definition) is 6. The molecule has 0 radical (unpaired) electrons. The van der Waals surface area contributed by atoms with Crippen LogP contribution in [0.5, 0.6) is 5.75 Å². The van der Waals surface area contributed by atoms with Crippen LogP contribution >= 0.6 is 0 Å². The summed E-state index contributed by atoms with van der Waals surface area (Å²) in [5.74, 6) is 0.423. The average Bonchev–Trinajstić information content (AvgIpc) is 3.30. The zero-order valence-corrected chi connectivity index (χ0v) is 23.8. The Morgan fingerprint density at radius 2 is 1.72 bits per heavy atom. The number of benzene rings is 2. The van der Waals surface area contributed by atoms with Gasteiger partial charge in [0, 0.05) is 30.1 Å². The van der Waals surface area contributed by atoms with E-state index in [1.807, 2.05) is 52.8 Å². The van der Waals surface area contributed by atoms with Crippen molar-refractivity contribution in [3.05, 3.63) is 71.0 Å². The van der Waals surface area contributed by atoms with E-state index < -0.39 is 11.6 Å². The molecule has 0 bridgehead atoms. The van der Waals surface area contributed by atoms with Crippen LogP contribution in [0.15, 0.2) is 53.1 Å². The highest BCUT2D eigenvalue weighted by atomic mass is 16.5. The van der Waals surface area contributed by atoms with Crippen molar-refractivity contribution in [3.63, 3.8) is 0 Å². The first-order valence-electron chi connectivity index (χ1n) is 13.0. The largest absolute Gasteiger partial charge is 0.497 e. The maximum absolute atomic E-state index is 13.9. The number of carbonyl (C=O) groups excluding carboxylic acids is 3. The number of anilines is 2. The summed E-state index contributed by atoms with van der Waals surface area (Å²) < 4.78 is 10.3. The fourth-order valence-corrected chi connectivity index (χ4v) is 4.16. The Morgan fingerprint density at radius 3 is 2.28 bits per heavy atom. The smallest absolute Gasteiger partial charge is 0.248 e. The lowest BCUT2D eigenvalue weighted by molar-refractivity contribution is -0.128. The van der Waals surface area contributed by atoms with Crippen molar-refractivity contribution < 1.29 is 23.6 Å². The Kier molecular flexibility index (Phi) is 9.51. The summed E-state index contributed by atoms with van der Waals surface area (Å²) in [6.45, 7) is 11.5. The van der Waals surface area contributed by atoms with Gasteiger partial charge in [0.15, 0.2) is 5.82 Å². The molecule has 208 valence electrons. The van der Waals surface area contributed by atoms with E-state index in [9.17, 15) is 14.4 Å². The van der Waals surface area contributed by atoms with Gasteiger partial charge in [-0.15, -0.1) is 0 Å². The first-order valence-corrected chi connectivity index (χ1v) is 13.0. The van der Waals surface area contributed by atoms with Gasteiger partial charge in [-0.05, 0) is 70.4 Å². The van der Waals surface area contributed by atoms with Gasteiger partial charge in [0.05, 0.1) is 7.11 Å². The summed E-state index contributed by atoms with van der Waals surface area (Å²) in [6.07, 6.45) is 0.490. The average molecular weight is 535 g/mol. The number of ether oxygens (including phenoxy) is 1. The van der Waals surface area contributed by atoms with Crippen LogP contribution in [0.25, 0.3) is 0 Å². The third-order valence-electron chi connectivity index (χ3n) is 6.63. The molecular weight excluding hydrogens is 496 g/mol. The Bertz CT molecular complexity index is 1310. The third-order valence-corrected chi connectivity index (χ3v) is 6.63. The van der Waals surface area contributed by atoms with Crippen LogP contribution in [-0.4, -0.2) is 35.5 Å². The molecule has 0 saturated heterocycles. The van der Waals surface area contributed by atoms with E-state index in [0.29, 0.717) is 29.2 Å². The van der Waals surface area contributed by atoms with Gasteiger partial charge in [0.1, 0.15) is 17.6 Å². The zero-order chi connectivity index (χ0) is 28.7. The van der Waals surface area contributed by atoms with Crippen molar-refractivity contribution in [2.75, 3.05) is 17.3 Å². The molecule has 9 nitrogen and oxygen atoms in total. The van der Waals surface area contributed by atoms with Crippen LogP contribution in [0.3, 0.4) is 0 Å². The fourth-order valence-electron chi connectivity index (χ4n) is 4.16. The number of methoxy groups -OCH3 is 1. The third kappa shape index (κ3) is 7.69. The van der Waals surface area contributed by atoms with E-state index in [1.165, 1.54) is 4.90 Å². The second kappa shape index (κ2) is 12.6. The predicted octanol–water partition coefficient (Wildman–Crippen LogP) is 5.41. The molecular formula is C30H38N4O5. The molecule has 0 aliphatic carbocycles. The highest BCUT2D eigenvalue weighted by molar-refractivity contribution is 6.03. The Labute approximate surface area is 229 Å². The monoisotopic (exact) mass is 534 g/mol. The highest BCUT2D eigenvalue weighted by Gasteiger charge is 2.35. The van der Waals surface area contributed by atoms with Crippen LogP contribution in [0.4, 0.5) is 11.5 Å². The van der Waals surface area contributed by atoms with Gasteiger partial charge in [-0.1, -0.05) is 41.9 Å². The first kappa shape index (κ1) is 29.4. The lowest BCUT2D eigenvalue weighted by Crippen LogP contribution is -2.50. The fraction of sp³-hybridized carbons (Fsp3) is 0.400. The lowest BCUT2D eigenvalue weighted by atomic mass is 9.97. The molecule has 0 fully saturated rings. The van der Waals surface area contributed by atoms with Crippen molar-refractivity contribution in [3.8, 4) is 5.75 Å². The van der Waals surface area contributed by atoms with E-state index in [4.69, 9.17) is 9.26 Å². The van der Waals surface area contributed by atoms with E-state index >= 15 is 0 Å². The van der Waals surface area contributed by atoms with E-state index in [0.717, 1.165) is 11.1 Å². The van der Waals surface area contributed by atoms with Crippen molar-refractivity contribution in [2.45, 2.75) is 72.4 Å². The highest BCUT2D eigenvalue weighted by Crippen LogP contribution is 2.33. The van der Waals surface area contributed by atoms with Crippen molar-refractivity contribution in [1.82, 2.24) is 10.5 Å². The molecule has 39 heavy (non-hydrogen) atoms. The Balaban J connectivity index is 2.01. The molecule has 0 aliphatic heterocycles. The van der Waals surface area contributed by atoms with Crippen LogP contribution in [0.2, 0.25) is 0 Å². The second-order valence-electron chi connectivity index (χ2n) is 10.3. The molecule has 3 rings (SSSR count). The number of aromatic nitrogens is 1. The molecule has 0 saturated carbocycles. The molecule has 3 aromatic rings. The summed E-state index contributed by atoms with van der Waals surface area (Å²) in [6, 6.07) is 13.4. The van der Waals surface area contributed by atoms with Gasteiger partial charge in [0.25, 0.3) is 0 Å². The van der Waals surface area contributed by atoms with Crippen LogP contribution < -0.4 is 20.3 Å². The molecule has 0 spiro atoms. The van der Waals surface area contributed by atoms with E-state index in [-0.39, 0.29) is 36.4 Å². The minimum absolute atomic E-state index is 0.0937. The summed E-state index contributed by atoms with van der Waals surface area (Å²) in [5, 5.41) is 9.52. The number of carbonyl (C=O) groups is 3. The topological polar surface area (TPSA) is 114 Å². The number of nitrogens with zero attached hydrogens (tertiary/aromatic N) is 2. The molecule has 0 aliphatic rings. The molecule has 1 atom stereocenters. The van der Waals surface area contributed by atoms with Crippen molar-refractivity contribution in [2.24, 2.45) is 0 Å². The molecule has 2 aromatic carbocycles. The van der Waals surface area contributed by atoms with E-state index in [1.54, 1.807) is 44.4 Å². The standard InChI is InChI=1S/C30H38N4O5/c1-8-30(5,6)32-29(37)28(22-10-12-23(38-7)13-11-22)34(24-14-9-19(2)17-20(24)3)27(36)16-15-26(35)31-25-18-21(4)39-33-25/h9-14,17-18,28H,8,15-16H2,1-7H3,(H,32,37)(H,31,33,35). The number of nitrogens with one attached hydrogen (secondary N) is 2. The minimum atomic E-state index is -0.975. The van der Waals surface area contributed by atoms with Crippen molar-refractivity contribution >= 4 is 29.2 Å². The van der Waals surface area contributed by atoms with Gasteiger partial charge < -0.3 is 19.9 Å². The zero-order valence-electron chi connectivity index (χ0n) is 23.8. The molecule has 3 amide bonds. The predicted molar refractivity (Wildman–Crippen MR) is 151 cm³/mol. The van der Waals surface area contributed by atoms with Gasteiger partial charge in [-0.3, -0.25) is 19.3 Å². The molecule has 9 heteroatoms. The molecule has 1 unspecified atom stereocenters. The molecule has 1 heterocycles. The van der Waals surface area contributed by atoms with Crippen LogP contribution in [-0.2, 0) is 14.4 Å². The number of hydrogen-bond donors (Lipinski definition) is 2. The first-order chi connectivity index (χ1) is 18.4. The lowest BCUT2D eigenvalue weighted by Gasteiger charge is -2.35. The van der Waals surface area contributed by atoms with Gasteiger partial charge in [-0.25, -0.2) is 0 Å². The van der Waals surface area contributed by atoms with E-state index in [2.05, 4.69) is 15.8 Å². The van der Waals surface area contributed by atoms with Gasteiger partial charge in [-0.2, -0.15) is 0 Å². The number of rotatable bonds is 11. The summed E-state index contributed by atoms with van der Waals surface area (Å²) in [5.41, 5.74) is 2.60. The van der Waals surface area contributed by atoms with Gasteiger partial charge >= 0.3 is 0 Å². The van der Waals surface area contributed by atoms with Crippen LogP contribution in [0, 0.1) is 20.8 Å². The van der Waals surface area contributed by atoms with Crippen LogP contribution in [0.1, 0.15) is 68.5 Å². The second-order valence-corrected chi connectivity index (χ2v) is 10.3. The normalized spacial score (nSPS) is 12.0. The summed E-state index contributed by atoms with van der Waals surface area (Å²) in [7, 11) is 1.57. The molecule has 1 aromatic heterocycles. The Morgan fingerprint density at radius 1 is 1.03 bits per heavy atom. The summed E-state index contributed by atoms with van der Waals surface area (Å²) >= 11 is 0.